The van der Waals surface area contributed by atoms with Gasteiger partial charge in [-0.2, -0.15) is 5.26 Å². The predicted molar refractivity (Wildman–Crippen MR) is 463 cm³/mol. The first-order chi connectivity index (χ1) is 56.8. The summed E-state index contributed by atoms with van der Waals surface area (Å²) in [5.41, 5.74) is 13.3. The summed E-state index contributed by atoms with van der Waals surface area (Å²) < 4.78 is 52.0. The van der Waals surface area contributed by atoms with Crippen molar-refractivity contribution >= 4 is 87.2 Å². The Labute approximate surface area is 734 Å². The standard InChI is InChI=1S/C28H28ClNO5S.C28H28INO5S.C28H28N2O8S.C2H3N.Ag.HNO3/c2*1-33-23-13-17-8-10-21(30-28(32)18-7-5-6-16(12-18)15-29)20-14-22(31)24(36-4)11-9-19(20)25(17)27(35-3)26(23)34-2;1-35-23-13-17-8-10-21(29-28(32)18-7-5-6-16(12-18)15-38-30(33)34)20-14-22(31)24(39-4)11-9-19(20)25(17)27(37-3)26(23)36-2;1-2-3;;2-1(3)4/h2*5-7,9,11-14,21H,8,10,15H2,1-4H3,(H,30,32);5-7,9,11-14,21H,8,10,15H2,1-4H3,(H,29,32);1H3;;(H,2,3,4)/t3*21-;;;/m000.../s1. The molecule has 33 heteroatoms. The first-order valence-corrected chi connectivity index (χ1v) is 42.0. The van der Waals surface area contributed by atoms with Crippen LogP contribution in [0, 0.1) is 31.6 Å². The number of benzene rings is 6. The van der Waals surface area contributed by atoms with E-state index in [-0.39, 0.29) is 69.0 Å². The minimum Gasteiger partial charge on any atom is -0.493 e. The summed E-state index contributed by atoms with van der Waals surface area (Å²) in [5.74, 6) is 4.12. The number of nitriles is 1. The van der Waals surface area contributed by atoms with Gasteiger partial charge in [0.15, 0.2) is 50.8 Å². The summed E-state index contributed by atoms with van der Waals surface area (Å²) in [4.78, 5) is 104. The van der Waals surface area contributed by atoms with Crippen LogP contribution in [-0.2, 0) is 63.4 Å². The van der Waals surface area contributed by atoms with Crippen molar-refractivity contribution in [3.8, 4) is 91.2 Å². The van der Waals surface area contributed by atoms with E-state index >= 15 is 0 Å². The number of aryl methyl sites for hydroxylation is 3. The summed E-state index contributed by atoms with van der Waals surface area (Å²) in [6, 6.07) is 43.5. The number of carbonyl (C=O) groups is 3. The minimum absolute atomic E-state index is 0. The molecule has 12 rings (SSSR count). The van der Waals surface area contributed by atoms with Crippen molar-refractivity contribution in [1.82, 2.24) is 16.0 Å². The molecule has 3 atom stereocenters. The average molecular weight is 1910 g/mol. The molecule has 0 spiro atoms. The van der Waals surface area contributed by atoms with Gasteiger partial charge in [-0.1, -0.05) is 77.2 Å². The zero-order chi connectivity index (χ0) is 86.0. The number of carbonyl (C=O) groups excluding carboxylic acids is 3. The van der Waals surface area contributed by atoms with Gasteiger partial charge in [-0.3, -0.25) is 28.8 Å². The second-order valence-electron chi connectivity index (χ2n) is 25.9. The van der Waals surface area contributed by atoms with Crippen LogP contribution < -0.4 is 74.9 Å². The van der Waals surface area contributed by atoms with Crippen LogP contribution in [0.1, 0.15) is 125 Å². The maximum Gasteiger partial charge on any atom is 0.294 e. The number of methoxy groups -OCH3 is 9. The number of rotatable bonds is 23. The first-order valence-electron chi connectivity index (χ1n) is 36.2. The molecule has 0 aromatic heterocycles. The number of nitrogens with zero attached hydrogens (tertiary/aromatic N) is 3. The molecule has 9 aromatic carbocycles. The normalized spacial score (nSPS) is 13.4. The monoisotopic (exact) mass is 1910 g/mol. The van der Waals surface area contributed by atoms with Gasteiger partial charge in [0.05, 0.1) is 103 Å². The molecule has 1 radical (unpaired) electrons. The van der Waals surface area contributed by atoms with E-state index in [1.54, 1.807) is 124 Å². The van der Waals surface area contributed by atoms with Crippen molar-refractivity contribution in [2.75, 3.05) is 82.8 Å². The van der Waals surface area contributed by atoms with Gasteiger partial charge >= 0.3 is 0 Å². The van der Waals surface area contributed by atoms with Gasteiger partial charge < -0.3 is 68.6 Å². The fourth-order valence-corrected chi connectivity index (χ4v) is 16.1. The summed E-state index contributed by atoms with van der Waals surface area (Å²) in [7, 11) is 14.1. The summed E-state index contributed by atoms with van der Waals surface area (Å²) in [5, 5.41) is 40.1. The van der Waals surface area contributed by atoms with Crippen molar-refractivity contribution in [3.63, 3.8) is 0 Å². The number of thioether (sulfide) groups is 3. The van der Waals surface area contributed by atoms with Crippen LogP contribution in [0.25, 0.3) is 33.4 Å². The number of hydrogen-bond donors (Lipinski definition) is 4. The molecule has 119 heavy (non-hydrogen) atoms. The zero-order valence-electron chi connectivity index (χ0n) is 67.2. The second kappa shape index (κ2) is 46.0. The van der Waals surface area contributed by atoms with Gasteiger partial charge in [0.25, 0.3) is 27.9 Å². The molecule has 0 fully saturated rings. The number of fused-ring (bicyclic) bond motifs is 9. The van der Waals surface area contributed by atoms with Gasteiger partial charge in [0.1, 0.15) is 6.61 Å². The minimum atomic E-state index is -1.50. The van der Waals surface area contributed by atoms with Crippen LogP contribution in [0.2, 0.25) is 0 Å². The molecule has 4 N–H and O–H groups in total. The third-order valence-corrected chi connectivity index (χ3v) is 22.8. The molecule has 0 unspecified atom stereocenters. The molecule has 0 saturated carbocycles. The Morgan fingerprint density at radius 3 is 1.03 bits per heavy atom. The van der Waals surface area contributed by atoms with E-state index in [1.165, 1.54) is 49.3 Å². The molecule has 631 valence electrons. The molecular weight excluding hydrogens is 1820 g/mol. The van der Waals surface area contributed by atoms with Gasteiger partial charge in [0, 0.05) is 73.0 Å². The summed E-state index contributed by atoms with van der Waals surface area (Å²) in [6.45, 7) is 1.16. The Bertz CT molecular complexity index is 5250. The Morgan fingerprint density at radius 2 is 0.765 bits per heavy atom. The topological polar surface area (TPSA) is 361 Å². The maximum atomic E-state index is 13.4. The summed E-state index contributed by atoms with van der Waals surface area (Å²) in [6.07, 6.45) is 9.08. The van der Waals surface area contributed by atoms with E-state index in [0.717, 1.165) is 76.8 Å². The van der Waals surface area contributed by atoms with Crippen molar-refractivity contribution < 1.29 is 99.6 Å². The van der Waals surface area contributed by atoms with E-state index in [1.807, 2.05) is 104 Å². The second-order valence-corrected chi connectivity index (χ2v) is 29.5. The van der Waals surface area contributed by atoms with E-state index in [9.17, 15) is 38.9 Å². The predicted octanol–water partition coefficient (Wildman–Crippen LogP) is 16.2. The Kier molecular flexibility index (Phi) is 36.9. The molecule has 0 saturated heterocycles. The van der Waals surface area contributed by atoms with Gasteiger partial charge in [-0.15, -0.1) is 67.1 Å². The Hall–Kier alpha value is -10.7. The molecule has 3 aliphatic carbocycles. The molecule has 3 amide bonds. The SMILES string of the molecule is CC#N.COc1cc2c(c(OC)c1OC)-c1ccc(SC)c(=O)cc1[C@@H](NC(=O)c1cccc(CCl)c1)CC2.COc1cc2c(c(OC)c1OC)-c1ccc(SC)c(=O)cc1[C@@H](NC(=O)c1cccc(CI)c1)CC2.COc1cc2c(c(OC)c1OC)-c1ccc(SC)c(=O)cc1[C@@H](NC(=O)c1cccc(CO[N+](=O)[O-])c1)CC2.O=[N+]([O-])O.[Ag]. The largest absolute Gasteiger partial charge is 0.493 e. The van der Waals surface area contributed by atoms with Crippen LogP contribution in [0.15, 0.2) is 175 Å². The number of ether oxygens (including phenoxy) is 9. The van der Waals surface area contributed by atoms with Gasteiger partial charge in [0.2, 0.25) is 17.2 Å². The smallest absolute Gasteiger partial charge is 0.294 e. The number of alkyl halides is 2. The van der Waals surface area contributed by atoms with E-state index in [2.05, 4.69) is 43.4 Å². The molecule has 0 aliphatic heterocycles. The third kappa shape index (κ3) is 23.2. The number of hydrogen-bond acceptors (Lipinski definition) is 24. The molecular formula is C86H88AgClIN6O21S3. The average Bonchev–Trinajstić information content (AvgIpc) is 1.67. The quantitative estimate of drug-likeness (QED) is 0.0115. The molecule has 9 aromatic rings. The van der Waals surface area contributed by atoms with Crippen LogP contribution >= 0.6 is 69.5 Å². The van der Waals surface area contributed by atoms with Gasteiger partial charge in [-0.25, -0.2) is 0 Å². The Morgan fingerprint density at radius 1 is 0.479 bits per heavy atom. The molecule has 27 nitrogen and oxygen atoms in total. The van der Waals surface area contributed by atoms with Crippen molar-refractivity contribution in [2.45, 2.75) is 95.2 Å². The number of halogens is 2. The van der Waals surface area contributed by atoms with E-state index < -0.39 is 22.3 Å². The molecule has 0 bridgehead atoms. The molecule has 3 aliphatic rings. The van der Waals surface area contributed by atoms with Crippen LogP contribution in [0.4, 0.5) is 0 Å². The molecule has 0 heterocycles. The maximum absolute atomic E-state index is 13.4. The first kappa shape index (κ1) is 95.4. The van der Waals surface area contributed by atoms with E-state index in [4.69, 9.17) is 74.8 Å². The van der Waals surface area contributed by atoms with Crippen molar-refractivity contribution in [3.05, 3.63) is 263 Å². The fourth-order valence-electron chi connectivity index (χ4n) is 14.1. The van der Waals surface area contributed by atoms with Crippen molar-refractivity contribution in [1.29, 1.82) is 5.26 Å². The number of amides is 3. The Balaban J connectivity index is 0.000000236. The van der Waals surface area contributed by atoms with Gasteiger partial charge in [-0.05, 0) is 215 Å². The third-order valence-electron chi connectivity index (χ3n) is 19.3. The fraction of sp³-hybridized carbons (Fsp3) is 0.291. The van der Waals surface area contributed by atoms with Crippen LogP contribution in [0.5, 0.6) is 51.7 Å². The number of nitrogens with one attached hydrogen (secondary N) is 3. The van der Waals surface area contributed by atoms with Crippen molar-refractivity contribution in [2.24, 2.45) is 0 Å². The van der Waals surface area contributed by atoms with Crippen LogP contribution in [-0.4, -0.2) is 116 Å². The summed E-state index contributed by atoms with van der Waals surface area (Å²) >= 11 is 12.4. The zero-order valence-corrected chi connectivity index (χ0v) is 74.0. The van der Waals surface area contributed by atoms with E-state index in [0.29, 0.717) is 139 Å². The van der Waals surface area contributed by atoms with Crippen LogP contribution in [0.3, 0.4) is 0 Å².